The second-order valence-corrected chi connectivity index (χ2v) is 11.3. The lowest BCUT2D eigenvalue weighted by Crippen LogP contribution is -2.42. The van der Waals surface area contributed by atoms with Gasteiger partial charge >= 0.3 is 17.9 Å². The van der Waals surface area contributed by atoms with E-state index < -0.39 is 11.4 Å². The molecule has 38 heavy (non-hydrogen) atoms. The molecule has 2 rings (SSSR count). The van der Waals surface area contributed by atoms with Crippen molar-refractivity contribution < 1.29 is 38.4 Å². The van der Waals surface area contributed by atoms with Crippen molar-refractivity contribution in [2.24, 2.45) is 16.7 Å². The highest BCUT2D eigenvalue weighted by molar-refractivity contribution is 5.72. The largest absolute Gasteiger partial charge is 0.466 e. The summed E-state index contributed by atoms with van der Waals surface area (Å²) in [4.78, 5) is 36.9. The molecule has 0 spiro atoms. The zero-order valence-electron chi connectivity index (χ0n) is 23.6. The number of allylic oxidation sites excluding steroid dienone is 4. The number of rotatable bonds is 19. The fourth-order valence-electron chi connectivity index (χ4n) is 5.51. The Kier molecular flexibility index (Phi) is 14.1. The number of aliphatic hydroxyl groups is 1. The van der Waals surface area contributed by atoms with Crippen molar-refractivity contribution in [3.63, 3.8) is 0 Å². The van der Waals surface area contributed by atoms with E-state index in [0.717, 1.165) is 51.4 Å². The van der Waals surface area contributed by atoms with E-state index in [2.05, 4.69) is 32.1 Å². The number of hydrogen-bond donors (Lipinski definition) is 1. The summed E-state index contributed by atoms with van der Waals surface area (Å²) in [5, 5.41) is 10.1. The molecular formula is C30H48O8. The predicted molar refractivity (Wildman–Crippen MR) is 144 cm³/mol. The number of fused-ring (bicyclic) bond motifs is 2. The van der Waals surface area contributed by atoms with E-state index in [4.69, 9.17) is 18.9 Å². The van der Waals surface area contributed by atoms with Crippen molar-refractivity contribution in [1.82, 2.24) is 0 Å². The zero-order valence-corrected chi connectivity index (χ0v) is 23.6. The molecule has 0 radical (unpaired) electrons. The Morgan fingerprint density at radius 2 is 1.74 bits per heavy atom. The van der Waals surface area contributed by atoms with Crippen LogP contribution in [0.3, 0.4) is 0 Å². The Balaban J connectivity index is 1.68. The van der Waals surface area contributed by atoms with Gasteiger partial charge in [0.25, 0.3) is 0 Å². The van der Waals surface area contributed by atoms with Gasteiger partial charge in [-0.3, -0.25) is 14.4 Å². The molecular weight excluding hydrogens is 488 g/mol. The van der Waals surface area contributed by atoms with E-state index in [1.807, 2.05) is 0 Å². The van der Waals surface area contributed by atoms with Crippen LogP contribution in [0, 0.1) is 16.7 Å². The maximum atomic E-state index is 12.7. The van der Waals surface area contributed by atoms with Crippen molar-refractivity contribution in [3.8, 4) is 0 Å². The molecule has 8 heteroatoms. The minimum Gasteiger partial charge on any atom is -0.466 e. The van der Waals surface area contributed by atoms with Gasteiger partial charge in [0.15, 0.2) is 0 Å². The fraction of sp³-hybridized carbons (Fsp3) is 0.767. The molecule has 0 aromatic heterocycles. The van der Waals surface area contributed by atoms with Crippen molar-refractivity contribution in [2.45, 2.75) is 90.9 Å². The summed E-state index contributed by atoms with van der Waals surface area (Å²) in [6, 6.07) is 0. The summed E-state index contributed by atoms with van der Waals surface area (Å²) in [5.41, 5.74) is 0.352. The molecule has 2 aliphatic rings. The molecule has 1 saturated carbocycles. The third-order valence-electron chi connectivity index (χ3n) is 7.39. The molecule has 0 aromatic rings. The number of aliphatic hydroxyl groups excluding tert-OH is 1. The van der Waals surface area contributed by atoms with Gasteiger partial charge in [0.05, 0.1) is 31.7 Å². The summed E-state index contributed by atoms with van der Waals surface area (Å²) in [5.74, 6) is -0.547. The number of ether oxygens (including phenoxy) is 4. The van der Waals surface area contributed by atoms with Crippen LogP contribution in [0.5, 0.6) is 0 Å². The van der Waals surface area contributed by atoms with E-state index in [-0.39, 0.29) is 56.6 Å². The smallest absolute Gasteiger partial charge is 0.306 e. The number of methoxy groups -OCH3 is 1. The van der Waals surface area contributed by atoms with Crippen LogP contribution in [-0.2, 0) is 33.3 Å². The summed E-state index contributed by atoms with van der Waals surface area (Å²) in [7, 11) is 1.48. The Bertz CT molecular complexity index is 819. The fourth-order valence-corrected chi connectivity index (χ4v) is 5.51. The highest BCUT2D eigenvalue weighted by Gasteiger charge is 2.42. The van der Waals surface area contributed by atoms with Crippen LogP contribution in [0.25, 0.3) is 0 Å². The molecule has 3 atom stereocenters. The van der Waals surface area contributed by atoms with Gasteiger partial charge in [0.1, 0.15) is 13.2 Å². The van der Waals surface area contributed by atoms with Gasteiger partial charge < -0.3 is 24.1 Å². The highest BCUT2D eigenvalue weighted by atomic mass is 16.6. The Morgan fingerprint density at radius 3 is 2.42 bits per heavy atom. The molecule has 0 heterocycles. The molecule has 0 saturated heterocycles. The van der Waals surface area contributed by atoms with Crippen LogP contribution in [-0.4, -0.2) is 63.2 Å². The summed E-state index contributed by atoms with van der Waals surface area (Å²) >= 11 is 0. The summed E-state index contributed by atoms with van der Waals surface area (Å²) in [6.45, 7) is 4.15. The molecule has 2 aliphatic carbocycles. The van der Waals surface area contributed by atoms with Gasteiger partial charge in [-0.05, 0) is 69.1 Å². The first-order valence-corrected chi connectivity index (χ1v) is 14.1. The van der Waals surface area contributed by atoms with Crippen molar-refractivity contribution in [1.29, 1.82) is 0 Å². The quantitative estimate of drug-likeness (QED) is 0.105. The molecule has 1 fully saturated rings. The zero-order chi connectivity index (χ0) is 27.9. The average Bonchev–Trinajstić information content (AvgIpc) is 3.18. The van der Waals surface area contributed by atoms with Crippen molar-refractivity contribution in [2.75, 3.05) is 40.1 Å². The lowest BCUT2D eigenvalue weighted by molar-refractivity contribution is -0.161. The third kappa shape index (κ3) is 11.3. The first-order valence-electron chi connectivity index (χ1n) is 14.1. The van der Waals surface area contributed by atoms with Gasteiger partial charge in [-0.15, -0.1) is 0 Å². The van der Waals surface area contributed by atoms with Crippen LogP contribution in [0.2, 0.25) is 0 Å². The number of carbonyl (C=O) groups is 3. The first-order chi connectivity index (χ1) is 18.2. The molecule has 0 aliphatic heterocycles. The van der Waals surface area contributed by atoms with Crippen LogP contribution >= 0.6 is 0 Å². The Hall–Kier alpha value is -2.19. The molecule has 8 nitrogen and oxygen atoms in total. The van der Waals surface area contributed by atoms with E-state index >= 15 is 0 Å². The predicted octanol–water partition coefficient (Wildman–Crippen LogP) is 5.07. The second kappa shape index (κ2) is 16.7. The summed E-state index contributed by atoms with van der Waals surface area (Å²) in [6.07, 6.45) is 15.2. The minimum atomic E-state index is -1.04. The monoisotopic (exact) mass is 536 g/mol. The lowest BCUT2D eigenvalue weighted by atomic mass is 9.69. The molecule has 0 aromatic carbocycles. The topological polar surface area (TPSA) is 108 Å². The normalized spacial score (nSPS) is 22.1. The molecule has 1 N–H and O–H groups in total. The number of esters is 3. The number of unbranched alkanes of at least 4 members (excludes halogenated alkanes) is 2. The third-order valence-corrected chi connectivity index (χ3v) is 7.39. The lowest BCUT2D eigenvalue weighted by Gasteiger charge is -2.36. The number of carbonyl (C=O) groups excluding carboxylic acids is 3. The minimum absolute atomic E-state index is 0.0488. The van der Waals surface area contributed by atoms with Crippen molar-refractivity contribution >= 4 is 17.9 Å². The Morgan fingerprint density at radius 1 is 1.03 bits per heavy atom. The molecule has 3 unspecified atom stereocenters. The van der Waals surface area contributed by atoms with Gasteiger partial charge in [0.2, 0.25) is 0 Å². The second-order valence-electron chi connectivity index (χ2n) is 11.3. The van der Waals surface area contributed by atoms with Crippen molar-refractivity contribution in [3.05, 3.63) is 23.8 Å². The molecule has 216 valence electrons. The molecule has 2 bridgehead atoms. The van der Waals surface area contributed by atoms with E-state index in [0.29, 0.717) is 25.4 Å². The SMILES string of the molecule is CC/C=C\CCCCOC(=O)CCCC(=O)OCC(CO)(COC)COC(=O)CC12CC=C(CC(C)C1)C2. The standard InChI is InChI=1S/C30H48O8/c1-4-5-6-7-8-9-15-36-26(32)11-10-12-27(33)37-22-30(20-31,21-35-3)23-38-28(34)19-29-14-13-25(18-29)16-24(2)17-29/h5-6,13,24,31H,4,7-12,14-23H2,1-3H3/b6-5-. The van der Waals surface area contributed by atoms with Gasteiger partial charge in [-0.2, -0.15) is 0 Å². The van der Waals surface area contributed by atoms with E-state index in [1.165, 1.54) is 12.7 Å². The van der Waals surface area contributed by atoms with Gasteiger partial charge in [-0.25, -0.2) is 0 Å². The van der Waals surface area contributed by atoms with Gasteiger partial charge in [-0.1, -0.05) is 37.6 Å². The maximum absolute atomic E-state index is 12.7. The van der Waals surface area contributed by atoms with Crippen LogP contribution in [0.4, 0.5) is 0 Å². The first kappa shape index (κ1) is 32.0. The van der Waals surface area contributed by atoms with Crippen LogP contribution in [0.1, 0.15) is 90.9 Å². The number of hydrogen-bond acceptors (Lipinski definition) is 8. The van der Waals surface area contributed by atoms with Crippen LogP contribution in [0.15, 0.2) is 23.8 Å². The van der Waals surface area contributed by atoms with Gasteiger partial charge in [0, 0.05) is 20.0 Å². The van der Waals surface area contributed by atoms with E-state index in [1.54, 1.807) is 0 Å². The average molecular weight is 537 g/mol. The highest BCUT2D eigenvalue weighted by Crippen LogP contribution is 2.52. The molecule has 0 amide bonds. The maximum Gasteiger partial charge on any atom is 0.306 e. The summed E-state index contributed by atoms with van der Waals surface area (Å²) < 4.78 is 21.4. The van der Waals surface area contributed by atoms with Crippen LogP contribution < -0.4 is 0 Å². The Labute approximate surface area is 228 Å². The van der Waals surface area contributed by atoms with E-state index in [9.17, 15) is 19.5 Å².